The van der Waals surface area contributed by atoms with E-state index in [4.69, 9.17) is 0 Å². The molecule has 0 amide bonds. The summed E-state index contributed by atoms with van der Waals surface area (Å²) in [7, 11) is 0. The minimum atomic E-state index is 0.381. The highest BCUT2D eigenvalue weighted by Crippen LogP contribution is 2.25. The second kappa shape index (κ2) is 6.82. The van der Waals surface area contributed by atoms with Crippen molar-refractivity contribution >= 4 is 11.3 Å². The molecule has 0 fully saturated rings. The van der Waals surface area contributed by atoms with Crippen LogP contribution in [0.25, 0.3) is 0 Å². The van der Waals surface area contributed by atoms with E-state index in [2.05, 4.69) is 53.7 Å². The molecule has 2 heterocycles. The largest absolute Gasteiger partial charge is 0.302 e. The van der Waals surface area contributed by atoms with Crippen LogP contribution in [0.2, 0.25) is 0 Å². The summed E-state index contributed by atoms with van der Waals surface area (Å²) in [6.07, 6.45) is 2.72. The Bertz CT molecular complexity index is 475. The zero-order valence-electron chi connectivity index (χ0n) is 11.8. The molecular formula is C14H22N4S. The first-order chi connectivity index (χ1) is 9.22. The lowest BCUT2D eigenvalue weighted by atomic mass is 10.0. The lowest BCUT2D eigenvalue weighted by Crippen LogP contribution is -2.26. The van der Waals surface area contributed by atoms with Gasteiger partial charge in [-0.3, -0.25) is 0 Å². The number of aromatic nitrogens is 3. The molecule has 0 radical (unpaired) electrons. The van der Waals surface area contributed by atoms with Crippen LogP contribution < -0.4 is 5.32 Å². The maximum Gasteiger partial charge on any atom is 0.140 e. The van der Waals surface area contributed by atoms with Gasteiger partial charge in [0.2, 0.25) is 0 Å². The highest BCUT2D eigenvalue weighted by atomic mass is 32.1. The molecule has 104 valence electrons. The number of hydrogen-bond donors (Lipinski definition) is 1. The van der Waals surface area contributed by atoms with Crippen LogP contribution in [0, 0.1) is 5.92 Å². The van der Waals surface area contributed by atoms with E-state index in [9.17, 15) is 0 Å². The molecular weight excluding hydrogens is 256 g/mol. The van der Waals surface area contributed by atoms with Gasteiger partial charge in [0, 0.05) is 17.5 Å². The van der Waals surface area contributed by atoms with Crippen LogP contribution in [0.4, 0.5) is 0 Å². The zero-order valence-corrected chi connectivity index (χ0v) is 12.7. The van der Waals surface area contributed by atoms with E-state index >= 15 is 0 Å². The van der Waals surface area contributed by atoms with Gasteiger partial charge in [0.15, 0.2) is 0 Å². The van der Waals surface area contributed by atoms with Crippen molar-refractivity contribution in [1.29, 1.82) is 0 Å². The standard InChI is InChI=1S/C14H22N4S/c1-4-7-18-13(16-10-17-18)9-15-14(11(2)3)12-6-5-8-19-12/h5-6,8,10-11,14-15H,4,7,9H2,1-3H3. The second-order valence-corrected chi connectivity index (χ2v) is 6.00. The Balaban J connectivity index is 2.01. The minimum absolute atomic E-state index is 0.381. The van der Waals surface area contributed by atoms with Gasteiger partial charge in [-0.2, -0.15) is 5.10 Å². The molecule has 5 heteroatoms. The van der Waals surface area contributed by atoms with Gasteiger partial charge < -0.3 is 5.32 Å². The molecule has 4 nitrogen and oxygen atoms in total. The third-order valence-corrected chi connectivity index (χ3v) is 4.08. The van der Waals surface area contributed by atoms with Gasteiger partial charge in [0.25, 0.3) is 0 Å². The molecule has 1 unspecified atom stereocenters. The van der Waals surface area contributed by atoms with E-state index in [1.807, 2.05) is 4.68 Å². The first-order valence-corrected chi connectivity index (χ1v) is 7.73. The van der Waals surface area contributed by atoms with Crippen LogP contribution in [0.5, 0.6) is 0 Å². The van der Waals surface area contributed by atoms with E-state index in [-0.39, 0.29) is 0 Å². The Labute approximate surface area is 118 Å². The molecule has 2 rings (SSSR count). The molecule has 0 saturated carbocycles. The lowest BCUT2D eigenvalue weighted by Gasteiger charge is -2.21. The van der Waals surface area contributed by atoms with Crippen LogP contribution in [0.15, 0.2) is 23.8 Å². The smallest absolute Gasteiger partial charge is 0.140 e. The maximum atomic E-state index is 4.34. The number of nitrogens with zero attached hydrogens (tertiary/aromatic N) is 3. The molecule has 1 N–H and O–H groups in total. The monoisotopic (exact) mass is 278 g/mol. The number of thiophene rings is 1. The summed E-state index contributed by atoms with van der Waals surface area (Å²) in [6.45, 7) is 8.34. The second-order valence-electron chi connectivity index (χ2n) is 5.02. The molecule has 0 aromatic carbocycles. The third kappa shape index (κ3) is 3.64. The van der Waals surface area contributed by atoms with Crippen molar-refractivity contribution in [1.82, 2.24) is 20.1 Å². The van der Waals surface area contributed by atoms with Crippen molar-refractivity contribution in [3.8, 4) is 0 Å². The average Bonchev–Trinajstić information content (AvgIpc) is 3.02. The predicted octanol–water partition coefficient (Wildman–Crippen LogP) is 3.24. The summed E-state index contributed by atoms with van der Waals surface area (Å²) in [5, 5.41) is 10.0. The van der Waals surface area contributed by atoms with Crippen LogP contribution in [0.1, 0.15) is 43.9 Å². The van der Waals surface area contributed by atoms with Crippen LogP contribution in [-0.2, 0) is 13.1 Å². The lowest BCUT2D eigenvalue weighted by molar-refractivity contribution is 0.403. The first kappa shape index (κ1) is 14.2. The van der Waals surface area contributed by atoms with Crippen molar-refractivity contribution < 1.29 is 0 Å². The molecule has 19 heavy (non-hydrogen) atoms. The number of aryl methyl sites for hydroxylation is 1. The molecule has 2 aromatic heterocycles. The van der Waals surface area contributed by atoms with Crippen LogP contribution in [0.3, 0.4) is 0 Å². The van der Waals surface area contributed by atoms with Crippen molar-refractivity contribution in [2.24, 2.45) is 5.92 Å². The number of hydrogen-bond acceptors (Lipinski definition) is 4. The van der Waals surface area contributed by atoms with Crippen molar-refractivity contribution in [3.63, 3.8) is 0 Å². The van der Waals surface area contributed by atoms with E-state index in [1.54, 1.807) is 17.7 Å². The van der Waals surface area contributed by atoms with Crippen molar-refractivity contribution in [2.45, 2.75) is 46.3 Å². The minimum Gasteiger partial charge on any atom is -0.302 e. The molecule has 0 aliphatic rings. The maximum absolute atomic E-state index is 4.34. The number of rotatable bonds is 7. The molecule has 0 saturated heterocycles. The molecule has 2 aromatic rings. The molecule has 1 atom stereocenters. The van der Waals surface area contributed by atoms with E-state index in [1.165, 1.54) is 4.88 Å². The Morgan fingerprint density at radius 2 is 2.26 bits per heavy atom. The van der Waals surface area contributed by atoms with Crippen LogP contribution >= 0.6 is 11.3 Å². The Morgan fingerprint density at radius 1 is 1.42 bits per heavy atom. The van der Waals surface area contributed by atoms with Gasteiger partial charge in [-0.1, -0.05) is 26.8 Å². The van der Waals surface area contributed by atoms with E-state index in [0.717, 1.165) is 25.3 Å². The summed E-state index contributed by atoms with van der Waals surface area (Å²) in [6, 6.07) is 4.68. The van der Waals surface area contributed by atoms with Gasteiger partial charge in [0.1, 0.15) is 12.2 Å². The van der Waals surface area contributed by atoms with Gasteiger partial charge in [0.05, 0.1) is 6.54 Å². The molecule has 0 spiro atoms. The fourth-order valence-electron chi connectivity index (χ4n) is 2.16. The zero-order chi connectivity index (χ0) is 13.7. The summed E-state index contributed by atoms with van der Waals surface area (Å²) >= 11 is 1.81. The fraction of sp³-hybridized carbons (Fsp3) is 0.571. The number of nitrogens with one attached hydrogen (secondary N) is 1. The highest BCUT2D eigenvalue weighted by Gasteiger charge is 2.17. The highest BCUT2D eigenvalue weighted by molar-refractivity contribution is 7.10. The molecule has 0 aliphatic carbocycles. The molecule has 0 aliphatic heterocycles. The SMILES string of the molecule is CCCn1ncnc1CNC(c1cccs1)C(C)C. The fourth-order valence-corrected chi connectivity index (χ4v) is 3.13. The topological polar surface area (TPSA) is 42.7 Å². The van der Waals surface area contributed by atoms with Gasteiger partial charge in [-0.05, 0) is 23.8 Å². The normalized spacial score (nSPS) is 13.1. The molecule has 0 bridgehead atoms. The Morgan fingerprint density at radius 3 is 2.89 bits per heavy atom. The van der Waals surface area contributed by atoms with Gasteiger partial charge >= 0.3 is 0 Å². The van der Waals surface area contributed by atoms with Crippen molar-refractivity contribution in [2.75, 3.05) is 0 Å². The average molecular weight is 278 g/mol. The Hall–Kier alpha value is -1.20. The quantitative estimate of drug-likeness (QED) is 0.845. The summed E-state index contributed by atoms with van der Waals surface area (Å²) < 4.78 is 1.98. The third-order valence-electron chi connectivity index (χ3n) is 3.13. The van der Waals surface area contributed by atoms with Gasteiger partial charge in [-0.25, -0.2) is 9.67 Å². The van der Waals surface area contributed by atoms with Crippen molar-refractivity contribution in [3.05, 3.63) is 34.5 Å². The Kier molecular flexibility index (Phi) is 5.10. The predicted molar refractivity (Wildman–Crippen MR) is 79.1 cm³/mol. The van der Waals surface area contributed by atoms with Gasteiger partial charge in [-0.15, -0.1) is 11.3 Å². The van der Waals surface area contributed by atoms with E-state index in [0.29, 0.717) is 12.0 Å². The first-order valence-electron chi connectivity index (χ1n) is 6.85. The summed E-state index contributed by atoms with van der Waals surface area (Å²) in [5.74, 6) is 1.57. The summed E-state index contributed by atoms with van der Waals surface area (Å²) in [4.78, 5) is 5.73. The van der Waals surface area contributed by atoms with Crippen LogP contribution in [-0.4, -0.2) is 14.8 Å². The van der Waals surface area contributed by atoms with E-state index < -0.39 is 0 Å². The summed E-state index contributed by atoms with van der Waals surface area (Å²) in [5.41, 5.74) is 0.